The minimum absolute atomic E-state index is 0.105. The predicted molar refractivity (Wildman–Crippen MR) is 78.3 cm³/mol. The zero-order chi connectivity index (χ0) is 14.5. The Bertz CT molecular complexity index is 439. The zero-order valence-electron chi connectivity index (χ0n) is 12.5. The van der Waals surface area contributed by atoms with Crippen molar-refractivity contribution >= 4 is 0 Å². The van der Waals surface area contributed by atoms with Gasteiger partial charge < -0.3 is 19.9 Å². The number of hydrogen-bond acceptors (Lipinski definition) is 5. The number of nitrogens with two attached hydrogens (primary N) is 1. The Hall–Kier alpha value is -1.30. The first-order valence-electron chi connectivity index (χ1n) is 6.91. The molecule has 5 nitrogen and oxygen atoms in total. The monoisotopic (exact) mass is 280 g/mol. The molecule has 2 rings (SSSR count). The Morgan fingerprint density at radius 3 is 2.70 bits per heavy atom. The summed E-state index contributed by atoms with van der Waals surface area (Å²) in [6.45, 7) is 2.56. The molecule has 5 heteroatoms. The first kappa shape index (κ1) is 15.1. The summed E-state index contributed by atoms with van der Waals surface area (Å²) in [6, 6.07) is 6.12. The van der Waals surface area contributed by atoms with E-state index >= 15 is 0 Å². The standard InChI is InChI=1S/C15H24N2O3/c1-18-9-8-17-7-6-13(16)15(17)12-10-11(19-2)4-5-14(12)20-3/h4-5,10,13,15H,6-9,16H2,1-3H3. The lowest BCUT2D eigenvalue weighted by molar-refractivity contribution is 0.138. The van der Waals surface area contributed by atoms with Gasteiger partial charge in [-0.25, -0.2) is 0 Å². The molecule has 1 aromatic carbocycles. The van der Waals surface area contributed by atoms with E-state index in [1.54, 1.807) is 21.3 Å². The number of hydrogen-bond donors (Lipinski definition) is 1. The SMILES string of the molecule is COCCN1CCC(N)C1c1cc(OC)ccc1OC. The number of rotatable bonds is 6. The summed E-state index contributed by atoms with van der Waals surface area (Å²) in [4.78, 5) is 2.35. The summed E-state index contributed by atoms with van der Waals surface area (Å²) in [5.41, 5.74) is 7.40. The third kappa shape index (κ3) is 3.06. The van der Waals surface area contributed by atoms with Gasteiger partial charge in [-0.15, -0.1) is 0 Å². The third-order valence-electron chi connectivity index (χ3n) is 3.89. The van der Waals surface area contributed by atoms with E-state index in [1.807, 2.05) is 18.2 Å². The molecule has 1 aliphatic heterocycles. The summed E-state index contributed by atoms with van der Waals surface area (Å²) in [7, 11) is 5.07. The van der Waals surface area contributed by atoms with E-state index in [0.29, 0.717) is 6.61 Å². The molecule has 112 valence electrons. The largest absolute Gasteiger partial charge is 0.497 e. The Kier molecular flexibility index (Phi) is 5.23. The smallest absolute Gasteiger partial charge is 0.123 e. The Balaban J connectivity index is 2.30. The van der Waals surface area contributed by atoms with Gasteiger partial charge in [0, 0.05) is 31.8 Å². The lowest BCUT2D eigenvalue weighted by Gasteiger charge is -2.28. The molecule has 1 aliphatic rings. The lowest BCUT2D eigenvalue weighted by Crippen LogP contribution is -2.34. The van der Waals surface area contributed by atoms with Crippen LogP contribution in [0.2, 0.25) is 0 Å². The van der Waals surface area contributed by atoms with Gasteiger partial charge in [0.1, 0.15) is 11.5 Å². The maximum Gasteiger partial charge on any atom is 0.123 e. The van der Waals surface area contributed by atoms with Gasteiger partial charge in [0.15, 0.2) is 0 Å². The lowest BCUT2D eigenvalue weighted by atomic mass is 9.99. The highest BCUT2D eigenvalue weighted by Gasteiger charge is 2.34. The maximum absolute atomic E-state index is 6.31. The zero-order valence-corrected chi connectivity index (χ0v) is 12.5. The van der Waals surface area contributed by atoms with Gasteiger partial charge in [-0.1, -0.05) is 0 Å². The second-order valence-corrected chi connectivity index (χ2v) is 5.03. The van der Waals surface area contributed by atoms with Crippen LogP contribution in [0.4, 0.5) is 0 Å². The first-order valence-corrected chi connectivity index (χ1v) is 6.91. The van der Waals surface area contributed by atoms with E-state index in [9.17, 15) is 0 Å². The van der Waals surface area contributed by atoms with E-state index < -0.39 is 0 Å². The van der Waals surface area contributed by atoms with Crippen molar-refractivity contribution in [3.05, 3.63) is 23.8 Å². The van der Waals surface area contributed by atoms with Gasteiger partial charge in [-0.3, -0.25) is 4.90 Å². The summed E-state index contributed by atoms with van der Waals surface area (Å²) in [5, 5.41) is 0. The Labute approximate surface area is 120 Å². The topological polar surface area (TPSA) is 57.0 Å². The van der Waals surface area contributed by atoms with Crippen LogP contribution in [-0.4, -0.2) is 52.0 Å². The van der Waals surface area contributed by atoms with Crippen LogP contribution < -0.4 is 15.2 Å². The van der Waals surface area contributed by atoms with E-state index in [0.717, 1.165) is 36.6 Å². The fourth-order valence-corrected chi connectivity index (χ4v) is 2.84. The molecule has 0 spiro atoms. The highest BCUT2D eigenvalue weighted by molar-refractivity contribution is 5.43. The van der Waals surface area contributed by atoms with Crippen LogP contribution in [0.15, 0.2) is 18.2 Å². The van der Waals surface area contributed by atoms with E-state index in [1.165, 1.54) is 0 Å². The molecular formula is C15H24N2O3. The predicted octanol–water partition coefficient (Wildman–Crippen LogP) is 1.42. The summed E-state index contributed by atoms with van der Waals surface area (Å²) < 4.78 is 16.0. The molecular weight excluding hydrogens is 256 g/mol. The molecule has 0 bridgehead atoms. The van der Waals surface area contributed by atoms with E-state index in [2.05, 4.69) is 4.90 Å². The highest BCUT2D eigenvalue weighted by Crippen LogP contribution is 2.38. The second kappa shape index (κ2) is 6.92. The molecule has 1 fully saturated rings. The molecule has 0 saturated carbocycles. The molecule has 0 amide bonds. The van der Waals surface area contributed by atoms with Gasteiger partial charge >= 0.3 is 0 Å². The molecule has 2 atom stereocenters. The van der Waals surface area contributed by atoms with Crippen molar-refractivity contribution < 1.29 is 14.2 Å². The van der Waals surface area contributed by atoms with Gasteiger partial charge in [0.25, 0.3) is 0 Å². The molecule has 2 unspecified atom stereocenters. The van der Waals surface area contributed by atoms with E-state index in [4.69, 9.17) is 19.9 Å². The normalized spacial score (nSPS) is 23.0. The van der Waals surface area contributed by atoms with Crippen molar-refractivity contribution in [2.75, 3.05) is 41.0 Å². The Morgan fingerprint density at radius 1 is 1.25 bits per heavy atom. The van der Waals surface area contributed by atoms with Gasteiger partial charge in [-0.05, 0) is 24.6 Å². The van der Waals surface area contributed by atoms with Crippen molar-refractivity contribution in [3.63, 3.8) is 0 Å². The van der Waals surface area contributed by atoms with Crippen LogP contribution in [0.25, 0.3) is 0 Å². The number of benzene rings is 1. The average Bonchev–Trinajstić information content (AvgIpc) is 2.85. The first-order chi connectivity index (χ1) is 9.71. The summed E-state index contributed by atoms with van der Waals surface area (Å²) in [6.07, 6.45) is 0.981. The number of likely N-dealkylation sites (tertiary alicyclic amines) is 1. The quantitative estimate of drug-likeness (QED) is 0.854. The van der Waals surface area contributed by atoms with E-state index in [-0.39, 0.29) is 12.1 Å². The van der Waals surface area contributed by atoms with Crippen molar-refractivity contribution in [2.24, 2.45) is 5.73 Å². The van der Waals surface area contributed by atoms with Crippen LogP contribution in [0, 0.1) is 0 Å². The second-order valence-electron chi connectivity index (χ2n) is 5.03. The van der Waals surface area contributed by atoms with Gasteiger partial charge in [0.2, 0.25) is 0 Å². The molecule has 1 aromatic rings. The molecule has 1 heterocycles. The van der Waals surface area contributed by atoms with Crippen LogP contribution in [0.5, 0.6) is 11.5 Å². The van der Waals surface area contributed by atoms with Gasteiger partial charge in [-0.2, -0.15) is 0 Å². The molecule has 0 aromatic heterocycles. The average molecular weight is 280 g/mol. The maximum atomic E-state index is 6.31. The summed E-state index contributed by atoms with van der Waals surface area (Å²) in [5.74, 6) is 1.68. The van der Waals surface area contributed by atoms with Crippen LogP contribution >= 0.6 is 0 Å². The van der Waals surface area contributed by atoms with Crippen molar-refractivity contribution in [1.29, 1.82) is 0 Å². The van der Waals surface area contributed by atoms with Crippen molar-refractivity contribution in [1.82, 2.24) is 4.90 Å². The Morgan fingerprint density at radius 2 is 2.05 bits per heavy atom. The molecule has 0 radical (unpaired) electrons. The van der Waals surface area contributed by atoms with Gasteiger partial charge in [0.05, 0.1) is 26.9 Å². The van der Waals surface area contributed by atoms with Crippen LogP contribution in [-0.2, 0) is 4.74 Å². The minimum atomic E-state index is 0.105. The number of ether oxygens (including phenoxy) is 3. The fraction of sp³-hybridized carbons (Fsp3) is 0.600. The fourth-order valence-electron chi connectivity index (χ4n) is 2.84. The minimum Gasteiger partial charge on any atom is -0.497 e. The molecule has 2 N–H and O–H groups in total. The molecule has 0 aliphatic carbocycles. The highest BCUT2D eigenvalue weighted by atomic mass is 16.5. The number of methoxy groups -OCH3 is 3. The number of nitrogens with zero attached hydrogens (tertiary/aromatic N) is 1. The summed E-state index contributed by atoms with van der Waals surface area (Å²) >= 11 is 0. The molecule has 20 heavy (non-hydrogen) atoms. The molecule has 1 saturated heterocycles. The van der Waals surface area contributed by atoms with Crippen LogP contribution in [0.3, 0.4) is 0 Å². The van der Waals surface area contributed by atoms with Crippen LogP contribution in [0.1, 0.15) is 18.0 Å². The van der Waals surface area contributed by atoms with Crippen molar-refractivity contribution in [2.45, 2.75) is 18.5 Å². The van der Waals surface area contributed by atoms with Crippen molar-refractivity contribution in [3.8, 4) is 11.5 Å². The third-order valence-corrected chi connectivity index (χ3v) is 3.89.